The third kappa shape index (κ3) is 3.17. The molecule has 5 nitrogen and oxygen atoms in total. The Balaban J connectivity index is 1.73. The molecule has 1 saturated carbocycles. The molecule has 3 aliphatic rings. The summed E-state index contributed by atoms with van der Waals surface area (Å²) in [5.41, 5.74) is 0.913. The van der Waals surface area contributed by atoms with Crippen LogP contribution in [0.5, 0.6) is 0 Å². The van der Waals surface area contributed by atoms with Crippen molar-refractivity contribution in [2.75, 3.05) is 16.4 Å². The van der Waals surface area contributed by atoms with Crippen molar-refractivity contribution >= 4 is 61.0 Å². The number of thioether (sulfide) groups is 1. The molecule has 1 aromatic rings. The van der Waals surface area contributed by atoms with E-state index in [0.717, 1.165) is 22.1 Å². The van der Waals surface area contributed by atoms with Crippen LogP contribution in [0.1, 0.15) is 12.8 Å². The van der Waals surface area contributed by atoms with Crippen LogP contribution in [0.4, 0.5) is 5.69 Å². The molecule has 0 spiro atoms. The van der Waals surface area contributed by atoms with Crippen LogP contribution in [0.2, 0.25) is 0 Å². The number of amides is 1. The van der Waals surface area contributed by atoms with Crippen LogP contribution in [0.25, 0.3) is 0 Å². The van der Waals surface area contributed by atoms with Gasteiger partial charge in [0.25, 0.3) is 5.91 Å². The van der Waals surface area contributed by atoms with Crippen LogP contribution < -0.4 is 4.90 Å². The smallest absolute Gasteiger partial charge is 0.251 e. The molecule has 0 unspecified atom stereocenters. The Morgan fingerprint density at radius 2 is 2.09 bits per heavy atom. The highest BCUT2D eigenvalue weighted by Crippen LogP contribution is 2.42. The second kappa shape index (κ2) is 5.73. The number of hydrogen-bond donors (Lipinski definition) is 0. The summed E-state index contributed by atoms with van der Waals surface area (Å²) in [6.45, 7) is 0. The first-order chi connectivity index (χ1) is 10.9. The first-order valence-corrected chi connectivity index (χ1v) is 11.3. The lowest BCUT2D eigenvalue weighted by Crippen LogP contribution is -2.37. The number of carbonyl (C=O) groups is 1. The third-order valence-electron chi connectivity index (χ3n) is 4.29. The van der Waals surface area contributed by atoms with E-state index in [1.807, 2.05) is 29.2 Å². The highest BCUT2D eigenvalue weighted by molar-refractivity contribution is 14.1. The summed E-state index contributed by atoms with van der Waals surface area (Å²) in [5.74, 6) is 0.308. The fourth-order valence-electron chi connectivity index (χ4n) is 3.01. The molecule has 2 aliphatic heterocycles. The zero-order valence-corrected chi connectivity index (χ0v) is 16.0. The molecule has 122 valence electrons. The van der Waals surface area contributed by atoms with E-state index < -0.39 is 9.84 Å². The standard InChI is InChI=1S/C15H15IN2O3S2/c16-10-2-1-3-11(6-10)18-12-7-23(20,21)8-13(12)22-15(18)17-14(19)9-4-5-9/h1-3,6,9,12-13H,4-5,7-8H2/t12-,13-/m0/s1. The van der Waals surface area contributed by atoms with Crippen LogP contribution in [-0.4, -0.2) is 42.3 Å². The normalized spacial score (nSPS) is 30.7. The summed E-state index contributed by atoms with van der Waals surface area (Å²) in [5, 5.41) is 0.623. The molecule has 2 saturated heterocycles. The van der Waals surface area contributed by atoms with Crippen LogP contribution in [0.15, 0.2) is 29.3 Å². The van der Waals surface area contributed by atoms with Gasteiger partial charge in [-0.1, -0.05) is 17.8 Å². The molecule has 1 amide bonds. The highest BCUT2D eigenvalue weighted by Gasteiger charge is 2.49. The average Bonchev–Trinajstić information content (AvgIpc) is 3.20. The Morgan fingerprint density at radius 3 is 2.78 bits per heavy atom. The minimum Gasteiger partial charge on any atom is -0.316 e. The predicted molar refractivity (Wildman–Crippen MR) is 101 cm³/mol. The fourth-order valence-corrected chi connectivity index (χ4v) is 7.45. The molecule has 1 aromatic carbocycles. The lowest BCUT2D eigenvalue weighted by atomic mass is 10.2. The average molecular weight is 462 g/mol. The number of nitrogens with zero attached hydrogens (tertiary/aromatic N) is 2. The summed E-state index contributed by atoms with van der Waals surface area (Å²) >= 11 is 3.67. The van der Waals surface area contributed by atoms with E-state index in [2.05, 4.69) is 27.6 Å². The molecule has 3 fully saturated rings. The topological polar surface area (TPSA) is 66.8 Å². The van der Waals surface area contributed by atoms with Gasteiger partial charge in [-0.3, -0.25) is 4.79 Å². The van der Waals surface area contributed by atoms with Gasteiger partial charge in [0, 0.05) is 20.4 Å². The molecule has 23 heavy (non-hydrogen) atoms. The number of hydrogen-bond acceptors (Lipinski definition) is 4. The van der Waals surface area contributed by atoms with Gasteiger partial charge in [-0.05, 0) is 53.6 Å². The number of amidine groups is 1. The molecule has 1 aliphatic carbocycles. The largest absolute Gasteiger partial charge is 0.316 e. The quantitative estimate of drug-likeness (QED) is 0.632. The third-order valence-corrected chi connectivity index (χ3v) is 8.17. The summed E-state index contributed by atoms with van der Waals surface area (Å²) in [6, 6.07) is 7.76. The van der Waals surface area contributed by atoms with E-state index in [0.29, 0.717) is 5.17 Å². The predicted octanol–water partition coefficient (Wildman–Crippen LogP) is 2.30. The van der Waals surface area contributed by atoms with Crippen molar-refractivity contribution in [1.82, 2.24) is 0 Å². The van der Waals surface area contributed by atoms with E-state index in [-0.39, 0.29) is 34.6 Å². The van der Waals surface area contributed by atoms with Crippen molar-refractivity contribution in [2.45, 2.75) is 24.1 Å². The highest BCUT2D eigenvalue weighted by atomic mass is 127. The number of rotatable bonds is 2. The van der Waals surface area contributed by atoms with Crippen molar-refractivity contribution in [1.29, 1.82) is 0 Å². The molecular weight excluding hydrogens is 447 g/mol. The van der Waals surface area contributed by atoms with E-state index in [4.69, 9.17) is 0 Å². The Labute approximate surface area is 153 Å². The van der Waals surface area contributed by atoms with Gasteiger partial charge in [0.2, 0.25) is 0 Å². The lowest BCUT2D eigenvalue weighted by Gasteiger charge is -2.24. The Kier molecular flexibility index (Phi) is 3.96. The summed E-state index contributed by atoms with van der Waals surface area (Å²) in [7, 11) is -3.02. The molecule has 2 heterocycles. The van der Waals surface area contributed by atoms with Gasteiger partial charge in [0.1, 0.15) is 0 Å². The van der Waals surface area contributed by atoms with E-state index >= 15 is 0 Å². The van der Waals surface area contributed by atoms with Gasteiger partial charge in [0.05, 0.1) is 17.5 Å². The van der Waals surface area contributed by atoms with Gasteiger partial charge in [0.15, 0.2) is 15.0 Å². The molecule has 2 atom stereocenters. The maximum Gasteiger partial charge on any atom is 0.251 e. The summed E-state index contributed by atoms with van der Waals surface area (Å²) in [6.07, 6.45) is 1.84. The van der Waals surface area contributed by atoms with Gasteiger partial charge in [-0.2, -0.15) is 4.99 Å². The molecule has 4 rings (SSSR count). The maximum atomic E-state index is 12.1. The number of halogens is 1. The second-order valence-corrected chi connectivity index (χ2v) is 10.8. The Bertz CT molecular complexity index is 805. The summed E-state index contributed by atoms with van der Waals surface area (Å²) in [4.78, 5) is 18.4. The van der Waals surface area contributed by atoms with Crippen molar-refractivity contribution in [3.8, 4) is 0 Å². The van der Waals surface area contributed by atoms with Crippen LogP contribution in [0.3, 0.4) is 0 Å². The molecular formula is C15H15IN2O3S2. The zero-order chi connectivity index (χ0) is 16.2. The van der Waals surface area contributed by atoms with Gasteiger partial charge >= 0.3 is 0 Å². The van der Waals surface area contributed by atoms with Crippen LogP contribution in [0, 0.1) is 9.49 Å². The van der Waals surface area contributed by atoms with E-state index in [9.17, 15) is 13.2 Å². The fraction of sp³-hybridized carbons (Fsp3) is 0.467. The maximum absolute atomic E-state index is 12.1. The molecule has 0 aromatic heterocycles. The Morgan fingerprint density at radius 1 is 1.30 bits per heavy atom. The monoisotopic (exact) mass is 462 g/mol. The molecule has 8 heteroatoms. The minimum atomic E-state index is -3.02. The Hall–Kier alpha value is -0.610. The molecule has 0 bridgehead atoms. The number of sulfone groups is 1. The van der Waals surface area contributed by atoms with E-state index in [1.165, 1.54) is 11.8 Å². The summed E-state index contributed by atoms with van der Waals surface area (Å²) < 4.78 is 25.0. The lowest BCUT2D eigenvalue weighted by molar-refractivity contribution is -0.118. The van der Waals surface area contributed by atoms with E-state index in [1.54, 1.807) is 0 Å². The molecule has 0 N–H and O–H groups in total. The number of benzene rings is 1. The van der Waals surface area contributed by atoms with Crippen molar-refractivity contribution in [3.63, 3.8) is 0 Å². The number of fused-ring (bicyclic) bond motifs is 1. The molecule has 0 radical (unpaired) electrons. The van der Waals surface area contributed by atoms with Crippen molar-refractivity contribution in [2.24, 2.45) is 10.9 Å². The van der Waals surface area contributed by atoms with Crippen LogP contribution in [-0.2, 0) is 14.6 Å². The first-order valence-electron chi connectivity index (χ1n) is 7.47. The zero-order valence-electron chi connectivity index (χ0n) is 12.2. The number of carbonyl (C=O) groups excluding carboxylic acids is 1. The van der Waals surface area contributed by atoms with Crippen molar-refractivity contribution in [3.05, 3.63) is 27.8 Å². The second-order valence-electron chi connectivity index (χ2n) is 6.16. The minimum absolute atomic E-state index is 0.0383. The van der Waals surface area contributed by atoms with Crippen molar-refractivity contribution < 1.29 is 13.2 Å². The SMILES string of the molecule is O=C(N=C1S[C@H]2CS(=O)(=O)C[C@@H]2N1c1cccc(I)c1)C1CC1. The van der Waals surface area contributed by atoms with Gasteiger partial charge in [-0.25, -0.2) is 8.42 Å². The first kappa shape index (κ1) is 15.9. The number of anilines is 1. The van der Waals surface area contributed by atoms with Crippen LogP contribution >= 0.6 is 34.4 Å². The van der Waals surface area contributed by atoms with Gasteiger partial charge in [-0.15, -0.1) is 0 Å². The number of aliphatic imine (C=N–C) groups is 1. The van der Waals surface area contributed by atoms with Gasteiger partial charge < -0.3 is 4.90 Å².